The highest BCUT2D eigenvalue weighted by molar-refractivity contribution is 5.75. The Kier molecular flexibility index (Phi) is 5.18. The molecule has 1 atom stereocenters. The second kappa shape index (κ2) is 7.51. The molecule has 1 saturated heterocycles. The van der Waals surface area contributed by atoms with Crippen molar-refractivity contribution in [2.75, 3.05) is 13.1 Å². The van der Waals surface area contributed by atoms with Crippen molar-refractivity contribution in [2.24, 2.45) is 0 Å². The first kappa shape index (κ1) is 16.6. The van der Waals surface area contributed by atoms with E-state index >= 15 is 0 Å². The van der Waals surface area contributed by atoms with Gasteiger partial charge < -0.3 is 14.7 Å². The lowest BCUT2D eigenvalue weighted by Gasteiger charge is -2.23. The Bertz CT molecular complexity index is 666. The summed E-state index contributed by atoms with van der Waals surface area (Å²) in [7, 11) is 0. The Hall–Kier alpha value is -2.30. The fourth-order valence-corrected chi connectivity index (χ4v) is 3.11. The zero-order chi connectivity index (χ0) is 16.9. The van der Waals surface area contributed by atoms with Gasteiger partial charge in [0.2, 0.25) is 0 Å². The molecular formula is C19H25N3O2. The minimum absolute atomic E-state index is 0.0115. The maximum absolute atomic E-state index is 12.5. The number of amides is 2. The topological polar surface area (TPSA) is 58.4 Å². The highest BCUT2D eigenvalue weighted by atomic mass is 16.5. The predicted molar refractivity (Wildman–Crippen MR) is 92.8 cm³/mol. The molecule has 0 aliphatic carbocycles. The van der Waals surface area contributed by atoms with Gasteiger partial charge in [-0.05, 0) is 24.8 Å². The molecule has 2 aromatic rings. The van der Waals surface area contributed by atoms with Crippen LogP contribution in [0, 0.1) is 0 Å². The molecule has 3 rings (SSSR count). The first-order chi connectivity index (χ1) is 11.6. The third-order valence-corrected chi connectivity index (χ3v) is 4.50. The largest absolute Gasteiger partial charge is 0.361 e. The fourth-order valence-electron chi connectivity index (χ4n) is 3.11. The van der Waals surface area contributed by atoms with Crippen LogP contribution in [0.25, 0.3) is 0 Å². The van der Waals surface area contributed by atoms with E-state index in [0.29, 0.717) is 12.5 Å². The molecule has 24 heavy (non-hydrogen) atoms. The summed E-state index contributed by atoms with van der Waals surface area (Å²) >= 11 is 0. The second-order valence-corrected chi connectivity index (χ2v) is 6.63. The lowest BCUT2D eigenvalue weighted by molar-refractivity contribution is 0.191. The van der Waals surface area contributed by atoms with Crippen molar-refractivity contribution in [1.29, 1.82) is 0 Å². The van der Waals surface area contributed by atoms with Gasteiger partial charge in [-0.2, -0.15) is 0 Å². The average Bonchev–Trinajstić information content (AvgIpc) is 3.24. The van der Waals surface area contributed by atoms with E-state index in [4.69, 9.17) is 4.52 Å². The number of urea groups is 1. The van der Waals surface area contributed by atoms with E-state index < -0.39 is 0 Å². The third kappa shape index (κ3) is 3.78. The lowest BCUT2D eigenvalue weighted by atomic mass is 10.1. The van der Waals surface area contributed by atoms with E-state index in [1.807, 2.05) is 29.2 Å². The molecule has 1 aromatic heterocycles. The van der Waals surface area contributed by atoms with Gasteiger partial charge in [-0.15, -0.1) is 0 Å². The van der Waals surface area contributed by atoms with Crippen LogP contribution in [-0.4, -0.2) is 29.2 Å². The number of hydrogen-bond acceptors (Lipinski definition) is 3. The third-order valence-electron chi connectivity index (χ3n) is 4.50. The van der Waals surface area contributed by atoms with Gasteiger partial charge in [-0.3, -0.25) is 0 Å². The molecule has 5 nitrogen and oxygen atoms in total. The summed E-state index contributed by atoms with van der Waals surface area (Å²) in [5, 5.41) is 7.21. The molecule has 1 aliphatic rings. The number of aromatic nitrogens is 1. The maximum atomic E-state index is 12.5. The van der Waals surface area contributed by atoms with Crippen LogP contribution in [0.1, 0.15) is 55.7 Å². The number of benzene rings is 1. The number of hydrogen-bond donors (Lipinski definition) is 1. The molecule has 0 radical (unpaired) electrons. The van der Waals surface area contributed by atoms with Crippen molar-refractivity contribution in [2.45, 2.75) is 45.1 Å². The Morgan fingerprint density at radius 3 is 2.88 bits per heavy atom. The van der Waals surface area contributed by atoms with Gasteiger partial charge in [0.1, 0.15) is 11.5 Å². The molecule has 0 spiro atoms. The second-order valence-electron chi connectivity index (χ2n) is 6.63. The van der Waals surface area contributed by atoms with Gasteiger partial charge in [0.05, 0.1) is 6.04 Å². The summed E-state index contributed by atoms with van der Waals surface area (Å²) in [6, 6.07) is 12.2. The highest BCUT2D eigenvalue weighted by Crippen LogP contribution is 2.32. The van der Waals surface area contributed by atoms with Gasteiger partial charge in [0.25, 0.3) is 0 Å². The molecule has 2 amide bonds. The molecule has 2 heterocycles. The first-order valence-corrected chi connectivity index (χ1v) is 8.70. The van der Waals surface area contributed by atoms with Crippen LogP contribution in [0.5, 0.6) is 0 Å². The molecule has 1 N–H and O–H groups in total. The van der Waals surface area contributed by atoms with Gasteiger partial charge in [0.15, 0.2) is 0 Å². The van der Waals surface area contributed by atoms with Crippen LogP contribution < -0.4 is 5.32 Å². The Balaban J connectivity index is 1.57. The summed E-state index contributed by atoms with van der Waals surface area (Å²) in [6.45, 7) is 5.56. The van der Waals surface area contributed by atoms with Crippen LogP contribution in [0.4, 0.5) is 4.79 Å². The van der Waals surface area contributed by atoms with Crippen molar-refractivity contribution >= 4 is 6.03 Å². The van der Waals surface area contributed by atoms with Crippen LogP contribution in [0.3, 0.4) is 0 Å². The molecule has 0 saturated carbocycles. The number of rotatable bonds is 5. The van der Waals surface area contributed by atoms with E-state index in [9.17, 15) is 4.79 Å². The summed E-state index contributed by atoms with van der Waals surface area (Å²) in [5.41, 5.74) is 2.10. The van der Waals surface area contributed by atoms with Crippen molar-refractivity contribution in [3.8, 4) is 0 Å². The molecule has 1 aliphatic heterocycles. The molecule has 1 aromatic carbocycles. The number of likely N-dealkylation sites (tertiary alicyclic amines) is 1. The quantitative estimate of drug-likeness (QED) is 0.906. The smallest absolute Gasteiger partial charge is 0.317 e. The van der Waals surface area contributed by atoms with Gasteiger partial charge in [-0.25, -0.2) is 4.79 Å². The van der Waals surface area contributed by atoms with Gasteiger partial charge in [0, 0.05) is 25.1 Å². The lowest BCUT2D eigenvalue weighted by Crippen LogP contribution is -2.40. The molecule has 0 unspecified atom stereocenters. The number of nitrogens with zero attached hydrogens (tertiary/aromatic N) is 2. The van der Waals surface area contributed by atoms with Crippen LogP contribution in [0.15, 0.2) is 40.9 Å². The Labute approximate surface area is 143 Å². The summed E-state index contributed by atoms with van der Waals surface area (Å²) in [4.78, 5) is 14.4. The number of carbonyl (C=O) groups excluding carboxylic acids is 1. The zero-order valence-electron chi connectivity index (χ0n) is 14.4. The highest BCUT2D eigenvalue weighted by Gasteiger charge is 2.32. The Morgan fingerprint density at radius 1 is 1.38 bits per heavy atom. The molecule has 0 bridgehead atoms. The zero-order valence-corrected chi connectivity index (χ0v) is 14.4. The summed E-state index contributed by atoms with van der Waals surface area (Å²) in [6.07, 6.45) is 2.78. The van der Waals surface area contributed by atoms with Crippen LogP contribution in [0.2, 0.25) is 0 Å². The fraction of sp³-hybridized carbons (Fsp3) is 0.474. The standard InChI is InChI=1S/C19H25N3O2/c1-14(2)18-13-16(21-24-18)17-9-6-12-22(17)19(23)20-11-10-15-7-4-3-5-8-15/h3-5,7-8,13-14,17H,6,9-12H2,1-2H3,(H,20,23)/t17-/m0/s1. The van der Waals surface area contributed by atoms with Gasteiger partial charge >= 0.3 is 6.03 Å². The number of nitrogens with one attached hydrogen (secondary N) is 1. The summed E-state index contributed by atoms with van der Waals surface area (Å²) < 4.78 is 5.40. The van der Waals surface area contributed by atoms with E-state index in [0.717, 1.165) is 37.3 Å². The maximum Gasteiger partial charge on any atom is 0.317 e. The Morgan fingerprint density at radius 2 is 2.17 bits per heavy atom. The molecule has 128 valence electrons. The first-order valence-electron chi connectivity index (χ1n) is 8.70. The van der Waals surface area contributed by atoms with Crippen LogP contribution in [-0.2, 0) is 6.42 Å². The van der Waals surface area contributed by atoms with Crippen molar-refractivity contribution in [1.82, 2.24) is 15.4 Å². The normalized spacial score (nSPS) is 17.5. The SMILES string of the molecule is CC(C)c1cc([C@@H]2CCCN2C(=O)NCCc2ccccc2)no1. The van der Waals surface area contributed by atoms with E-state index in [1.54, 1.807) is 0 Å². The predicted octanol–water partition coefficient (Wildman–Crippen LogP) is 3.89. The number of carbonyl (C=O) groups is 1. The molecular weight excluding hydrogens is 302 g/mol. The van der Waals surface area contributed by atoms with E-state index in [-0.39, 0.29) is 12.1 Å². The minimum atomic E-state index is -0.0115. The van der Waals surface area contributed by atoms with Gasteiger partial charge in [-0.1, -0.05) is 49.3 Å². The summed E-state index contributed by atoms with van der Waals surface area (Å²) in [5.74, 6) is 1.18. The minimum Gasteiger partial charge on any atom is -0.361 e. The van der Waals surface area contributed by atoms with Crippen molar-refractivity contribution in [3.05, 3.63) is 53.4 Å². The molecule has 5 heteroatoms. The average molecular weight is 327 g/mol. The van der Waals surface area contributed by atoms with E-state index in [2.05, 4.69) is 36.5 Å². The molecule has 1 fully saturated rings. The van der Waals surface area contributed by atoms with Crippen molar-refractivity contribution < 1.29 is 9.32 Å². The van der Waals surface area contributed by atoms with E-state index in [1.165, 1.54) is 5.56 Å². The van der Waals surface area contributed by atoms with Crippen LogP contribution >= 0.6 is 0 Å². The van der Waals surface area contributed by atoms with Crippen molar-refractivity contribution in [3.63, 3.8) is 0 Å². The monoisotopic (exact) mass is 327 g/mol.